The Kier molecular flexibility index (Phi) is 4.61. The molecule has 0 aromatic carbocycles. The van der Waals surface area contributed by atoms with Crippen molar-refractivity contribution in [3.8, 4) is 0 Å². The molecule has 1 N–H and O–H groups in total. The highest BCUT2D eigenvalue weighted by Gasteiger charge is 2.28. The van der Waals surface area contributed by atoms with Gasteiger partial charge in [0.15, 0.2) is 0 Å². The van der Waals surface area contributed by atoms with Crippen molar-refractivity contribution in [3.05, 3.63) is 29.4 Å². The number of hydrogen-bond donors (Lipinski definition) is 1. The number of piperidine rings is 1. The molecule has 6 heteroatoms. The van der Waals surface area contributed by atoms with E-state index in [0.29, 0.717) is 12.6 Å². The average Bonchev–Trinajstić information content (AvgIpc) is 2.90. The molecule has 1 aliphatic heterocycles. The highest BCUT2D eigenvalue weighted by molar-refractivity contribution is 7.20. The summed E-state index contributed by atoms with van der Waals surface area (Å²) in [4.78, 5) is 25.3. The fraction of sp³-hybridized carbons (Fsp3) is 0.471. The maximum atomic E-state index is 13.0. The van der Waals surface area contributed by atoms with Gasteiger partial charge in [-0.15, -0.1) is 17.9 Å². The Hall–Kier alpha value is -1.95. The molecule has 0 aliphatic carbocycles. The van der Waals surface area contributed by atoms with Crippen molar-refractivity contribution in [2.45, 2.75) is 39.2 Å². The van der Waals surface area contributed by atoms with E-state index in [-0.39, 0.29) is 5.91 Å². The van der Waals surface area contributed by atoms with Crippen molar-refractivity contribution in [3.63, 3.8) is 0 Å². The number of nitrogens with one attached hydrogen (secondary N) is 1. The van der Waals surface area contributed by atoms with Crippen molar-refractivity contribution in [1.82, 2.24) is 14.9 Å². The molecule has 122 valence electrons. The van der Waals surface area contributed by atoms with E-state index >= 15 is 0 Å². The molecule has 3 rings (SSSR count). The molecule has 1 saturated heterocycles. The minimum atomic E-state index is 0.132. The van der Waals surface area contributed by atoms with Crippen LogP contribution in [0.2, 0.25) is 0 Å². The molecule has 0 spiro atoms. The third-order valence-electron chi connectivity index (χ3n) is 4.40. The Morgan fingerprint density at radius 1 is 1.52 bits per heavy atom. The summed E-state index contributed by atoms with van der Waals surface area (Å²) in [5, 5.41) is 4.18. The lowest BCUT2D eigenvalue weighted by atomic mass is 10.0. The fourth-order valence-electron chi connectivity index (χ4n) is 3.11. The van der Waals surface area contributed by atoms with Gasteiger partial charge in [0, 0.05) is 19.1 Å². The van der Waals surface area contributed by atoms with Crippen LogP contribution in [0.4, 0.5) is 5.82 Å². The van der Waals surface area contributed by atoms with E-state index in [9.17, 15) is 4.79 Å². The lowest BCUT2D eigenvalue weighted by Gasteiger charge is -2.33. The zero-order chi connectivity index (χ0) is 16.4. The first kappa shape index (κ1) is 15.9. The topological polar surface area (TPSA) is 58.1 Å². The molecular formula is C17H22N4OS. The van der Waals surface area contributed by atoms with E-state index in [1.807, 2.05) is 11.8 Å². The van der Waals surface area contributed by atoms with Crippen LogP contribution in [0.5, 0.6) is 0 Å². The summed E-state index contributed by atoms with van der Waals surface area (Å²) < 4.78 is 0. The maximum absolute atomic E-state index is 13.0. The van der Waals surface area contributed by atoms with Crippen LogP contribution in [0.15, 0.2) is 19.0 Å². The number of rotatable bonds is 4. The van der Waals surface area contributed by atoms with Crippen molar-refractivity contribution >= 4 is 33.3 Å². The minimum Gasteiger partial charge on any atom is -0.366 e. The number of thiophene rings is 1. The first-order valence-corrected chi connectivity index (χ1v) is 8.85. The molecular weight excluding hydrogens is 308 g/mol. The molecule has 1 amide bonds. The number of amides is 1. The van der Waals surface area contributed by atoms with Crippen LogP contribution >= 0.6 is 11.3 Å². The first-order valence-electron chi connectivity index (χ1n) is 8.03. The van der Waals surface area contributed by atoms with Gasteiger partial charge in [0.1, 0.15) is 17.0 Å². The summed E-state index contributed by atoms with van der Waals surface area (Å²) in [6.07, 6.45) is 6.71. The van der Waals surface area contributed by atoms with Crippen LogP contribution in [-0.4, -0.2) is 39.9 Å². The van der Waals surface area contributed by atoms with Gasteiger partial charge in [-0.3, -0.25) is 4.79 Å². The smallest absolute Gasteiger partial charge is 0.264 e. The van der Waals surface area contributed by atoms with Gasteiger partial charge in [-0.05, 0) is 38.7 Å². The lowest BCUT2D eigenvalue weighted by Crippen LogP contribution is -2.41. The summed E-state index contributed by atoms with van der Waals surface area (Å²) in [5.74, 6) is 0.904. The number of carbonyl (C=O) groups excluding carboxylic acids is 1. The Labute approximate surface area is 140 Å². The van der Waals surface area contributed by atoms with Crippen molar-refractivity contribution in [1.29, 1.82) is 0 Å². The van der Waals surface area contributed by atoms with E-state index in [4.69, 9.17) is 0 Å². The second-order valence-electron chi connectivity index (χ2n) is 5.97. The quantitative estimate of drug-likeness (QED) is 0.870. The minimum absolute atomic E-state index is 0.132. The number of aromatic nitrogens is 2. The number of likely N-dealkylation sites (tertiary alicyclic amines) is 1. The van der Waals surface area contributed by atoms with Gasteiger partial charge < -0.3 is 10.2 Å². The van der Waals surface area contributed by atoms with Gasteiger partial charge in [0.05, 0.1) is 10.3 Å². The summed E-state index contributed by atoms with van der Waals surface area (Å²) in [7, 11) is 0. The largest absolute Gasteiger partial charge is 0.366 e. The number of fused-ring (bicyclic) bond motifs is 1. The monoisotopic (exact) mass is 330 g/mol. The molecule has 0 saturated carbocycles. The van der Waals surface area contributed by atoms with Gasteiger partial charge in [-0.2, -0.15) is 0 Å². The molecule has 5 nitrogen and oxygen atoms in total. The SMILES string of the molecule is C=CCNc1ncnc2sc(C(=O)N3CCCCC3C)c(C)c12. The van der Waals surface area contributed by atoms with Gasteiger partial charge >= 0.3 is 0 Å². The highest BCUT2D eigenvalue weighted by atomic mass is 32.1. The van der Waals surface area contributed by atoms with E-state index in [1.54, 1.807) is 12.4 Å². The molecule has 1 unspecified atom stereocenters. The van der Waals surface area contributed by atoms with Crippen LogP contribution in [0, 0.1) is 6.92 Å². The van der Waals surface area contributed by atoms with E-state index < -0.39 is 0 Å². The number of anilines is 1. The average molecular weight is 330 g/mol. The molecule has 3 heterocycles. The van der Waals surface area contributed by atoms with Crippen LogP contribution in [0.1, 0.15) is 41.4 Å². The second-order valence-corrected chi connectivity index (χ2v) is 6.97. The Bertz CT molecular complexity index is 740. The number of hydrogen-bond acceptors (Lipinski definition) is 5. The Balaban J connectivity index is 2.00. The molecule has 1 atom stereocenters. The zero-order valence-electron chi connectivity index (χ0n) is 13.6. The normalized spacial score (nSPS) is 18.2. The first-order chi connectivity index (χ1) is 11.1. The fourth-order valence-corrected chi connectivity index (χ4v) is 4.21. The summed E-state index contributed by atoms with van der Waals surface area (Å²) in [5.41, 5.74) is 0.972. The molecule has 1 aliphatic rings. The molecule has 0 bridgehead atoms. The van der Waals surface area contributed by atoms with Crippen LogP contribution in [0.25, 0.3) is 10.2 Å². The van der Waals surface area contributed by atoms with Crippen LogP contribution in [-0.2, 0) is 0 Å². The van der Waals surface area contributed by atoms with E-state index in [2.05, 4.69) is 28.8 Å². The third-order valence-corrected chi connectivity index (χ3v) is 5.59. The number of aryl methyl sites for hydroxylation is 1. The lowest BCUT2D eigenvalue weighted by molar-refractivity contribution is 0.0640. The Morgan fingerprint density at radius 2 is 2.35 bits per heavy atom. The van der Waals surface area contributed by atoms with Gasteiger partial charge in [0.25, 0.3) is 5.91 Å². The molecule has 23 heavy (non-hydrogen) atoms. The number of carbonyl (C=O) groups is 1. The van der Waals surface area contributed by atoms with Crippen molar-refractivity contribution in [2.75, 3.05) is 18.4 Å². The standard InChI is InChI=1S/C17H22N4OS/c1-4-8-18-15-13-12(3)14(23-16(13)20-10-19-15)17(22)21-9-6-5-7-11(21)2/h4,10-11H,1,5-9H2,2-3H3,(H,18,19,20). The maximum Gasteiger partial charge on any atom is 0.264 e. The van der Waals surface area contributed by atoms with E-state index in [0.717, 1.165) is 45.9 Å². The molecule has 2 aromatic heterocycles. The summed E-state index contributed by atoms with van der Waals surface area (Å²) in [6.45, 7) is 9.32. The predicted molar refractivity (Wildman–Crippen MR) is 95.2 cm³/mol. The number of nitrogens with zero attached hydrogens (tertiary/aromatic N) is 3. The summed E-state index contributed by atoms with van der Waals surface area (Å²) >= 11 is 1.47. The van der Waals surface area contributed by atoms with E-state index in [1.165, 1.54) is 17.8 Å². The molecule has 2 aromatic rings. The highest BCUT2D eigenvalue weighted by Crippen LogP contribution is 2.34. The Morgan fingerprint density at radius 3 is 3.09 bits per heavy atom. The molecule has 1 fully saturated rings. The van der Waals surface area contributed by atoms with Gasteiger partial charge in [-0.25, -0.2) is 9.97 Å². The van der Waals surface area contributed by atoms with Crippen LogP contribution in [0.3, 0.4) is 0 Å². The summed E-state index contributed by atoms with van der Waals surface area (Å²) in [6, 6.07) is 0.310. The second kappa shape index (κ2) is 6.66. The van der Waals surface area contributed by atoms with Gasteiger partial charge in [-0.1, -0.05) is 6.08 Å². The third kappa shape index (κ3) is 2.95. The van der Waals surface area contributed by atoms with Gasteiger partial charge in [0.2, 0.25) is 0 Å². The predicted octanol–water partition coefficient (Wildman–Crippen LogP) is 3.61. The van der Waals surface area contributed by atoms with Crippen molar-refractivity contribution < 1.29 is 4.79 Å². The zero-order valence-corrected chi connectivity index (χ0v) is 14.4. The van der Waals surface area contributed by atoms with Crippen molar-refractivity contribution in [2.24, 2.45) is 0 Å². The molecule has 0 radical (unpaired) electrons. The van der Waals surface area contributed by atoms with Crippen LogP contribution < -0.4 is 5.32 Å².